The maximum Gasteiger partial charge on any atom is 0.277 e. The number of hydrogen-bond donors (Lipinski definition) is 2. The van der Waals surface area contributed by atoms with E-state index in [1.807, 2.05) is 0 Å². The molecule has 0 aliphatic rings. The predicted molar refractivity (Wildman–Crippen MR) is 152 cm³/mol. The summed E-state index contributed by atoms with van der Waals surface area (Å²) < 4.78 is 67.7. The van der Waals surface area contributed by atoms with Crippen molar-refractivity contribution in [2.45, 2.75) is 42.4 Å². The Hall–Kier alpha value is -4.46. The molecule has 1 heterocycles. The van der Waals surface area contributed by atoms with Gasteiger partial charge in [-0.25, -0.2) is 17.2 Å². The quantitative estimate of drug-likeness (QED) is 0.258. The first-order valence-electron chi connectivity index (χ1n) is 13.0. The summed E-state index contributed by atoms with van der Waals surface area (Å²) in [5, 5.41) is 10.8. The van der Waals surface area contributed by atoms with Gasteiger partial charge in [-0.15, -0.1) is 0 Å². The van der Waals surface area contributed by atoms with E-state index in [-0.39, 0.29) is 41.2 Å². The number of carbonyl (C=O) groups is 1. The van der Waals surface area contributed by atoms with Gasteiger partial charge in [-0.2, -0.15) is 4.98 Å². The molecule has 0 fully saturated rings. The molecule has 4 rings (SSSR count). The van der Waals surface area contributed by atoms with Gasteiger partial charge in [-0.1, -0.05) is 30.3 Å². The topological polar surface area (TPSA) is 151 Å². The summed E-state index contributed by atoms with van der Waals surface area (Å²) in [6.45, 7) is 2.77. The number of primary amides is 1. The summed E-state index contributed by atoms with van der Waals surface area (Å²) in [7, 11) is -3.42. The SMILES string of the molecule is COC[C@@H](c1cc(F)cc(F)c1)n1c(COC(C)C)nc(O)c(S(=O)(=O)c2ccc(-c3ccccc3C(N)=O)cc2)c1=O. The van der Waals surface area contributed by atoms with Crippen LogP contribution in [0.1, 0.15) is 41.6 Å². The van der Waals surface area contributed by atoms with Crippen LogP contribution in [0.5, 0.6) is 5.88 Å². The lowest BCUT2D eigenvalue weighted by Crippen LogP contribution is -2.35. The van der Waals surface area contributed by atoms with E-state index in [9.17, 15) is 31.9 Å². The number of carbonyl (C=O) groups excluding carboxylic acids is 1. The number of hydrogen-bond acceptors (Lipinski definition) is 8. The van der Waals surface area contributed by atoms with E-state index in [4.69, 9.17) is 15.2 Å². The Balaban J connectivity index is 1.90. The Labute approximate surface area is 246 Å². The largest absolute Gasteiger partial charge is 0.492 e. The fourth-order valence-corrected chi connectivity index (χ4v) is 5.92. The number of ether oxygens (including phenoxy) is 2. The van der Waals surface area contributed by atoms with Crippen LogP contribution >= 0.6 is 0 Å². The molecule has 3 aromatic carbocycles. The van der Waals surface area contributed by atoms with Crippen molar-refractivity contribution in [2.75, 3.05) is 13.7 Å². The van der Waals surface area contributed by atoms with Gasteiger partial charge in [0, 0.05) is 18.7 Å². The van der Waals surface area contributed by atoms with Crippen LogP contribution in [0.3, 0.4) is 0 Å². The predicted octanol–water partition coefficient (Wildman–Crippen LogP) is 3.99. The van der Waals surface area contributed by atoms with Crippen molar-refractivity contribution in [1.29, 1.82) is 0 Å². The molecule has 0 aliphatic heterocycles. The highest BCUT2D eigenvalue weighted by Crippen LogP contribution is 2.30. The van der Waals surface area contributed by atoms with E-state index < -0.39 is 49.8 Å². The summed E-state index contributed by atoms with van der Waals surface area (Å²) in [5.74, 6) is -3.80. The Morgan fingerprint density at radius 3 is 2.26 bits per heavy atom. The molecule has 0 saturated carbocycles. The first-order chi connectivity index (χ1) is 20.3. The summed E-state index contributed by atoms with van der Waals surface area (Å²) in [6.07, 6.45) is -0.346. The number of aromatic hydroxyl groups is 1. The zero-order valence-corrected chi connectivity index (χ0v) is 24.3. The van der Waals surface area contributed by atoms with E-state index >= 15 is 0 Å². The number of nitrogens with two attached hydrogens (primary N) is 1. The lowest BCUT2D eigenvalue weighted by molar-refractivity contribution is 0.0557. The first-order valence-corrected chi connectivity index (χ1v) is 14.5. The third kappa shape index (κ3) is 6.63. The van der Waals surface area contributed by atoms with Crippen molar-refractivity contribution < 1.29 is 36.6 Å². The van der Waals surface area contributed by atoms with Crippen molar-refractivity contribution in [2.24, 2.45) is 5.73 Å². The minimum Gasteiger partial charge on any atom is -0.492 e. The number of benzene rings is 3. The second-order valence-electron chi connectivity index (χ2n) is 9.83. The lowest BCUT2D eigenvalue weighted by atomic mass is 9.99. The second-order valence-corrected chi connectivity index (χ2v) is 11.7. The Bertz CT molecular complexity index is 1800. The van der Waals surface area contributed by atoms with Crippen LogP contribution in [0, 0.1) is 11.6 Å². The van der Waals surface area contributed by atoms with Crippen LogP contribution in [0.4, 0.5) is 8.78 Å². The van der Waals surface area contributed by atoms with Gasteiger partial charge in [0.25, 0.3) is 5.56 Å². The number of amides is 1. The Kier molecular flexibility index (Phi) is 9.38. The molecule has 0 aliphatic carbocycles. The molecule has 0 bridgehead atoms. The molecule has 0 unspecified atom stereocenters. The van der Waals surface area contributed by atoms with E-state index in [0.717, 1.165) is 16.7 Å². The third-order valence-corrected chi connectivity index (χ3v) is 8.31. The Morgan fingerprint density at radius 2 is 1.67 bits per heavy atom. The van der Waals surface area contributed by atoms with Gasteiger partial charge in [-0.3, -0.25) is 14.2 Å². The lowest BCUT2D eigenvalue weighted by Gasteiger charge is -2.24. The smallest absolute Gasteiger partial charge is 0.277 e. The fourth-order valence-electron chi connectivity index (χ4n) is 4.58. The number of nitrogens with zero attached hydrogens (tertiary/aromatic N) is 2. The second kappa shape index (κ2) is 12.8. The average molecular weight is 614 g/mol. The highest BCUT2D eigenvalue weighted by Gasteiger charge is 2.32. The van der Waals surface area contributed by atoms with E-state index in [2.05, 4.69) is 4.98 Å². The Morgan fingerprint density at radius 1 is 1.05 bits per heavy atom. The van der Waals surface area contributed by atoms with E-state index in [1.165, 1.54) is 37.4 Å². The van der Waals surface area contributed by atoms with Gasteiger partial charge in [0.05, 0.1) is 23.6 Å². The van der Waals surface area contributed by atoms with Crippen LogP contribution in [-0.2, 0) is 25.9 Å². The standard InChI is InChI=1S/C30H29F2N3O7S/c1-17(2)42-16-26-34-29(37)27(30(38)35(26)25(15-41-3)19-12-20(31)14-21(32)13-19)43(39,40)22-10-8-18(9-11-22)23-6-4-5-7-24(23)28(33)36/h4-14,17,25,37H,15-16H2,1-3H3,(H2,33,36)/t25-/m0/s1. The van der Waals surface area contributed by atoms with Gasteiger partial charge in [0.1, 0.15) is 24.1 Å². The molecule has 43 heavy (non-hydrogen) atoms. The van der Waals surface area contributed by atoms with Crippen molar-refractivity contribution >= 4 is 15.7 Å². The molecule has 1 amide bonds. The fraction of sp³-hybridized carbons (Fsp3) is 0.233. The van der Waals surface area contributed by atoms with Crippen molar-refractivity contribution in [3.8, 4) is 17.0 Å². The summed E-state index contributed by atoms with van der Waals surface area (Å²) >= 11 is 0. The van der Waals surface area contributed by atoms with E-state index in [1.54, 1.807) is 32.0 Å². The first kappa shape index (κ1) is 31.5. The molecule has 4 aromatic rings. The van der Waals surface area contributed by atoms with Crippen LogP contribution in [-0.4, -0.2) is 48.8 Å². The molecule has 3 N–H and O–H groups in total. The highest BCUT2D eigenvalue weighted by atomic mass is 32.2. The zero-order valence-electron chi connectivity index (χ0n) is 23.5. The molecule has 226 valence electrons. The molecular formula is C30H29F2N3O7S. The number of sulfone groups is 1. The molecule has 1 atom stereocenters. The van der Waals surface area contributed by atoms with Crippen molar-refractivity contribution in [3.63, 3.8) is 0 Å². The average Bonchev–Trinajstić information content (AvgIpc) is 2.94. The van der Waals surface area contributed by atoms with Crippen molar-refractivity contribution in [1.82, 2.24) is 9.55 Å². The van der Waals surface area contributed by atoms with Gasteiger partial charge in [0.2, 0.25) is 21.6 Å². The maximum atomic E-state index is 14.2. The molecule has 0 saturated heterocycles. The van der Waals surface area contributed by atoms with Gasteiger partial charge in [0.15, 0.2) is 4.90 Å². The summed E-state index contributed by atoms with van der Waals surface area (Å²) in [4.78, 5) is 28.4. The molecular weight excluding hydrogens is 584 g/mol. The van der Waals surface area contributed by atoms with Crippen LogP contribution in [0.15, 0.2) is 81.3 Å². The zero-order chi connectivity index (χ0) is 31.5. The molecule has 0 spiro atoms. The molecule has 1 aromatic heterocycles. The molecule has 13 heteroatoms. The number of aromatic nitrogens is 2. The normalized spacial score (nSPS) is 12.4. The number of halogens is 2. The van der Waals surface area contributed by atoms with Gasteiger partial charge >= 0.3 is 0 Å². The maximum absolute atomic E-state index is 14.2. The highest BCUT2D eigenvalue weighted by molar-refractivity contribution is 7.91. The van der Waals surface area contributed by atoms with Gasteiger partial charge in [-0.05, 0) is 60.9 Å². The third-order valence-electron chi connectivity index (χ3n) is 6.52. The van der Waals surface area contributed by atoms with E-state index in [0.29, 0.717) is 17.2 Å². The van der Waals surface area contributed by atoms with Crippen LogP contribution in [0.25, 0.3) is 11.1 Å². The summed E-state index contributed by atoms with van der Waals surface area (Å²) in [5.41, 5.74) is 5.38. The number of rotatable bonds is 11. The van der Waals surface area contributed by atoms with Crippen molar-refractivity contribution in [3.05, 3.63) is 106 Å². The van der Waals surface area contributed by atoms with Gasteiger partial charge < -0.3 is 20.3 Å². The minimum absolute atomic E-state index is 0.0412. The minimum atomic E-state index is -4.71. The number of methoxy groups -OCH3 is 1. The molecule has 0 radical (unpaired) electrons. The van der Waals surface area contributed by atoms with Crippen LogP contribution < -0.4 is 11.3 Å². The summed E-state index contributed by atoms with van der Waals surface area (Å²) in [6, 6.07) is 13.1. The van der Waals surface area contributed by atoms with Crippen LogP contribution in [0.2, 0.25) is 0 Å². The monoisotopic (exact) mass is 613 g/mol. The molecule has 10 nitrogen and oxygen atoms in total.